The number of Topliss-reactive ketones (excluding diaryl/α,β-unsaturated/α-hetero) is 1. The van der Waals surface area contributed by atoms with Crippen molar-refractivity contribution in [3.8, 4) is 0 Å². The minimum atomic E-state index is -0.470. The van der Waals surface area contributed by atoms with Crippen LogP contribution in [0.15, 0.2) is 0 Å². The van der Waals surface area contributed by atoms with Gasteiger partial charge in [0.2, 0.25) is 0 Å². The number of alkyl carbamates (subject to hydrolysis) is 1. The first kappa shape index (κ1) is 11.0. The minimum Gasteiger partial charge on any atom is -0.453 e. The monoisotopic (exact) mass is 200 g/mol. The maximum atomic E-state index is 11.3. The van der Waals surface area contributed by atoms with Gasteiger partial charge in [-0.25, -0.2) is 4.79 Å². The van der Waals surface area contributed by atoms with E-state index in [0.717, 1.165) is 0 Å². The van der Waals surface area contributed by atoms with Crippen molar-refractivity contribution in [2.75, 3.05) is 7.11 Å². The molecule has 0 radical (unpaired) electrons. The van der Waals surface area contributed by atoms with Crippen LogP contribution in [0.1, 0.15) is 20.3 Å². The van der Waals surface area contributed by atoms with Gasteiger partial charge >= 0.3 is 6.09 Å². The summed E-state index contributed by atoms with van der Waals surface area (Å²) in [6.45, 7) is 3.74. The lowest BCUT2D eigenvalue weighted by Crippen LogP contribution is -2.29. The molecule has 0 aliphatic carbocycles. The fourth-order valence-electron chi connectivity index (χ4n) is 1.13. The van der Waals surface area contributed by atoms with Gasteiger partial charge in [0.25, 0.3) is 0 Å². The molecule has 1 aliphatic rings. The average Bonchev–Trinajstić information content (AvgIpc) is 2.83. The van der Waals surface area contributed by atoms with Crippen LogP contribution in [0.3, 0.4) is 0 Å². The van der Waals surface area contributed by atoms with Crippen LogP contribution >= 0.6 is 0 Å². The lowest BCUT2D eigenvalue weighted by atomic mass is 10.0. The van der Waals surface area contributed by atoms with Crippen molar-refractivity contribution in [2.45, 2.75) is 32.5 Å². The molecule has 1 amide bonds. The first-order chi connectivity index (χ1) is 6.54. The van der Waals surface area contributed by atoms with E-state index in [1.54, 1.807) is 0 Å². The number of methoxy groups -OCH3 is 1. The van der Waals surface area contributed by atoms with Gasteiger partial charge in [0.15, 0.2) is 0 Å². The van der Waals surface area contributed by atoms with Crippen LogP contribution in [0.25, 0.3) is 0 Å². The Hall–Kier alpha value is -1.10. The molecule has 0 aromatic heterocycles. The molecule has 1 aliphatic heterocycles. The van der Waals surface area contributed by atoms with E-state index in [-0.39, 0.29) is 23.9 Å². The lowest BCUT2D eigenvalue weighted by Gasteiger charge is -2.02. The number of ether oxygens (including phenoxy) is 1. The third kappa shape index (κ3) is 2.99. The predicted octanol–water partition coefficient (Wildman–Crippen LogP) is 0.255. The average molecular weight is 200 g/mol. The van der Waals surface area contributed by atoms with Crippen LogP contribution in [-0.4, -0.2) is 31.2 Å². The van der Waals surface area contributed by atoms with Gasteiger partial charge in [-0.15, -0.1) is 0 Å². The van der Waals surface area contributed by atoms with Crippen LogP contribution in [0.5, 0.6) is 0 Å². The van der Waals surface area contributed by atoms with E-state index in [4.69, 9.17) is 0 Å². The second-order valence-corrected chi connectivity index (χ2v) is 3.71. The summed E-state index contributed by atoms with van der Waals surface area (Å²) in [5.41, 5.74) is 0. The zero-order valence-electron chi connectivity index (χ0n) is 8.66. The minimum absolute atomic E-state index is 0.0520. The first-order valence-corrected chi connectivity index (χ1v) is 4.68. The Balaban J connectivity index is 2.20. The van der Waals surface area contributed by atoms with Crippen molar-refractivity contribution in [1.29, 1.82) is 0 Å². The number of carbonyl (C=O) groups is 2. The molecule has 0 aromatic carbocycles. The molecule has 1 heterocycles. The third-order valence-electron chi connectivity index (χ3n) is 2.21. The third-order valence-corrected chi connectivity index (χ3v) is 2.21. The highest BCUT2D eigenvalue weighted by Crippen LogP contribution is 2.15. The number of amides is 1. The maximum Gasteiger partial charge on any atom is 0.408 e. The van der Waals surface area contributed by atoms with Gasteiger partial charge in [0.1, 0.15) is 5.78 Å². The van der Waals surface area contributed by atoms with E-state index >= 15 is 0 Å². The second kappa shape index (κ2) is 4.41. The van der Waals surface area contributed by atoms with E-state index in [1.165, 1.54) is 7.11 Å². The van der Waals surface area contributed by atoms with Crippen molar-refractivity contribution in [2.24, 2.45) is 5.92 Å². The van der Waals surface area contributed by atoms with Crippen molar-refractivity contribution in [3.63, 3.8) is 0 Å². The summed E-state index contributed by atoms with van der Waals surface area (Å²) in [4.78, 5) is 22.1. The Morgan fingerprint density at radius 2 is 2.14 bits per heavy atom. The summed E-state index contributed by atoms with van der Waals surface area (Å²) in [6.07, 6.45) is -0.112. The predicted molar refractivity (Wildman–Crippen MR) is 50.7 cm³/mol. The molecule has 1 rings (SSSR count). The molecule has 14 heavy (non-hydrogen) atoms. The van der Waals surface area contributed by atoms with Gasteiger partial charge in [-0.2, -0.15) is 0 Å². The summed E-state index contributed by atoms with van der Waals surface area (Å²) in [6, 6.07) is 0.0731. The molecule has 0 bridgehead atoms. The molecule has 5 nitrogen and oxygen atoms in total. The number of hydrogen-bond acceptors (Lipinski definition) is 4. The Labute approximate surface area is 83.2 Å². The molecule has 2 atom stereocenters. The molecule has 0 saturated carbocycles. The molecule has 1 saturated heterocycles. The normalized spacial score (nSPS) is 24.6. The van der Waals surface area contributed by atoms with E-state index in [2.05, 4.69) is 15.4 Å². The Kier molecular flexibility index (Phi) is 3.46. The van der Waals surface area contributed by atoms with E-state index < -0.39 is 6.09 Å². The fraction of sp³-hybridized carbons (Fsp3) is 0.778. The number of hydrogen-bond donors (Lipinski definition) is 2. The van der Waals surface area contributed by atoms with Crippen LogP contribution in [0.4, 0.5) is 4.79 Å². The topological polar surface area (TPSA) is 77.3 Å². The summed E-state index contributed by atoms with van der Waals surface area (Å²) in [5, 5.41) is 5.56. The molecule has 1 fully saturated rings. The quantitative estimate of drug-likeness (QED) is 0.638. The zero-order chi connectivity index (χ0) is 10.7. The fourth-order valence-corrected chi connectivity index (χ4v) is 1.13. The van der Waals surface area contributed by atoms with E-state index in [0.29, 0.717) is 6.42 Å². The molecule has 2 unspecified atom stereocenters. The highest BCUT2D eigenvalue weighted by Gasteiger charge is 2.39. The van der Waals surface area contributed by atoms with Gasteiger partial charge in [-0.05, 0) is 0 Å². The van der Waals surface area contributed by atoms with Crippen molar-refractivity contribution >= 4 is 11.9 Å². The van der Waals surface area contributed by atoms with Gasteiger partial charge in [0, 0.05) is 18.4 Å². The lowest BCUT2D eigenvalue weighted by molar-refractivity contribution is -0.121. The highest BCUT2D eigenvalue weighted by atomic mass is 16.5. The smallest absolute Gasteiger partial charge is 0.408 e. The van der Waals surface area contributed by atoms with Gasteiger partial charge < -0.3 is 10.1 Å². The summed E-state index contributed by atoms with van der Waals surface area (Å²) >= 11 is 0. The van der Waals surface area contributed by atoms with Gasteiger partial charge in [-0.3, -0.25) is 10.1 Å². The Bertz CT molecular complexity index is 240. The first-order valence-electron chi connectivity index (χ1n) is 4.68. The number of nitrogens with one attached hydrogen (secondary N) is 2. The molecule has 80 valence electrons. The van der Waals surface area contributed by atoms with Crippen LogP contribution < -0.4 is 10.6 Å². The standard InChI is InChI=1S/C9H16N2O3/c1-5(2)7(12)4-6-8(10-6)11-9(13)14-3/h5-6,8,10H,4H2,1-3H3,(H,11,13). The number of ketones is 1. The van der Waals surface area contributed by atoms with Crippen LogP contribution in [0, 0.1) is 5.92 Å². The molecule has 0 spiro atoms. The van der Waals surface area contributed by atoms with Crippen molar-refractivity contribution < 1.29 is 14.3 Å². The van der Waals surface area contributed by atoms with Crippen molar-refractivity contribution in [1.82, 2.24) is 10.6 Å². The van der Waals surface area contributed by atoms with Crippen LogP contribution in [-0.2, 0) is 9.53 Å². The summed E-state index contributed by atoms with van der Waals surface area (Å²) in [7, 11) is 1.31. The molecular formula is C9H16N2O3. The summed E-state index contributed by atoms with van der Waals surface area (Å²) < 4.78 is 4.43. The van der Waals surface area contributed by atoms with Crippen molar-refractivity contribution in [3.05, 3.63) is 0 Å². The largest absolute Gasteiger partial charge is 0.453 e. The second-order valence-electron chi connectivity index (χ2n) is 3.71. The molecule has 5 heteroatoms. The maximum absolute atomic E-state index is 11.3. The Morgan fingerprint density at radius 1 is 1.50 bits per heavy atom. The Morgan fingerprint density at radius 3 is 2.64 bits per heavy atom. The summed E-state index contributed by atoms with van der Waals surface area (Å²) in [5.74, 6) is 0.257. The van der Waals surface area contributed by atoms with E-state index in [9.17, 15) is 9.59 Å². The van der Waals surface area contributed by atoms with Gasteiger partial charge in [0.05, 0.1) is 13.3 Å². The van der Waals surface area contributed by atoms with Gasteiger partial charge in [-0.1, -0.05) is 13.8 Å². The molecule has 2 N–H and O–H groups in total. The number of rotatable bonds is 4. The number of carbonyl (C=O) groups excluding carboxylic acids is 2. The van der Waals surface area contributed by atoms with Crippen LogP contribution in [0.2, 0.25) is 0 Å². The highest BCUT2D eigenvalue weighted by molar-refractivity contribution is 5.81. The molecule has 0 aromatic rings. The SMILES string of the molecule is COC(=O)NC1NC1CC(=O)C(C)C. The zero-order valence-corrected chi connectivity index (χ0v) is 8.66. The molecular weight excluding hydrogens is 184 g/mol. The van der Waals surface area contributed by atoms with E-state index in [1.807, 2.05) is 13.8 Å².